The third-order valence-electron chi connectivity index (χ3n) is 5.13. The van der Waals surface area contributed by atoms with Crippen LogP contribution in [0.4, 0.5) is 0 Å². The number of hydrogen-bond donors (Lipinski definition) is 1. The number of aromatic nitrogens is 1. The van der Waals surface area contributed by atoms with Crippen LogP contribution in [0.3, 0.4) is 0 Å². The molecule has 1 N–H and O–H groups in total. The first-order valence-corrected chi connectivity index (χ1v) is 8.35. The molecule has 2 aliphatic rings. The highest BCUT2D eigenvalue weighted by Gasteiger charge is 2.35. The lowest BCUT2D eigenvalue weighted by molar-refractivity contribution is 0.0815. The summed E-state index contributed by atoms with van der Waals surface area (Å²) in [5.41, 5.74) is 1.53. The first-order valence-electron chi connectivity index (χ1n) is 8.35. The number of rotatable bonds is 3. The van der Waals surface area contributed by atoms with Crippen LogP contribution in [-0.4, -0.2) is 40.0 Å². The van der Waals surface area contributed by atoms with Gasteiger partial charge in [-0.05, 0) is 30.5 Å². The molecule has 5 nitrogen and oxygen atoms in total. The molecular formula is C19H20N2O3. The van der Waals surface area contributed by atoms with Crippen molar-refractivity contribution < 1.29 is 9.90 Å². The number of benzene rings is 1. The van der Waals surface area contributed by atoms with Crippen molar-refractivity contribution in [3.8, 4) is 5.75 Å². The Bertz CT molecular complexity index is 843. The van der Waals surface area contributed by atoms with Gasteiger partial charge in [-0.3, -0.25) is 14.5 Å². The summed E-state index contributed by atoms with van der Waals surface area (Å²) >= 11 is 0. The molecule has 1 aromatic carbocycles. The van der Waals surface area contributed by atoms with Crippen LogP contribution < -0.4 is 5.56 Å². The molecule has 124 valence electrons. The minimum atomic E-state index is -0.0569. The van der Waals surface area contributed by atoms with Crippen LogP contribution in [0, 0.1) is 5.92 Å². The Morgan fingerprint density at radius 1 is 1.08 bits per heavy atom. The number of carbonyl (C=O) groups excluding carboxylic acids is 1. The van der Waals surface area contributed by atoms with Gasteiger partial charge < -0.3 is 9.67 Å². The Hall–Kier alpha value is -2.40. The van der Waals surface area contributed by atoms with Crippen LogP contribution in [0.25, 0.3) is 0 Å². The molecule has 1 aromatic heterocycles. The van der Waals surface area contributed by atoms with Crippen molar-refractivity contribution in [2.45, 2.75) is 18.9 Å². The summed E-state index contributed by atoms with van der Waals surface area (Å²) in [6, 6.07) is 12.1. The molecule has 2 bridgehead atoms. The number of aromatic hydroxyl groups is 1. The van der Waals surface area contributed by atoms with E-state index in [4.69, 9.17) is 0 Å². The summed E-state index contributed by atoms with van der Waals surface area (Å²) < 4.78 is 1.89. The van der Waals surface area contributed by atoms with Gasteiger partial charge in [-0.1, -0.05) is 18.2 Å². The maximum Gasteiger partial charge on any atom is 0.250 e. The molecular weight excluding hydrogens is 304 g/mol. The fraction of sp³-hybridized carbons (Fsp3) is 0.368. The summed E-state index contributed by atoms with van der Waals surface area (Å²) in [5, 5.41) is 9.86. The van der Waals surface area contributed by atoms with Gasteiger partial charge in [-0.2, -0.15) is 0 Å². The van der Waals surface area contributed by atoms with E-state index in [1.54, 1.807) is 30.3 Å². The fourth-order valence-electron chi connectivity index (χ4n) is 4.12. The molecule has 0 aliphatic carbocycles. The van der Waals surface area contributed by atoms with E-state index in [0.717, 1.165) is 31.7 Å². The zero-order chi connectivity index (χ0) is 16.7. The van der Waals surface area contributed by atoms with Gasteiger partial charge in [0.1, 0.15) is 5.75 Å². The highest BCUT2D eigenvalue weighted by atomic mass is 16.3. The van der Waals surface area contributed by atoms with E-state index in [1.807, 2.05) is 16.7 Å². The number of phenols is 1. The van der Waals surface area contributed by atoms with E-state index in [-0.39, 0.29) is 17.1 Å². The zero-order valence-corrected chi connectivity index (χ0v) is 13.4. The van der Waals surface area contributed by atoms with Crippen molar-refractivity contribution in [3.63, 3.8) is 0 Å². The Labute approximate surface area is 140 Å². The van der Waals surface area contributed by atoms with Gasteiger partial charge in [-0.25, -0.2) is 0 Å². The number of Topliss-reactive ketones (excluding diaryl/α,β-unsaturated/α-hetero) is 1. The number of ketones is 1. The first kappa shape index (κ1) is 15.1. The molecule has 2 aliphatic heterocycles. The van der Waals surface area contributed by atoms with Crippen LogP contribution in [0.2, 0.25) is 0 Å². The lowest BCUT2D eigenvalue weighted by Gasteiger charge is -2.42. The van der Waals surface area contributed by atoms with Crippen LogP contribution in [-0.2, 0) is 6.54 Å². The molecule has 0 spiro atoms. The fourth-order valence-corrected chi connectivity index (χ4v) is 4.12. The number of fused-ring (bicyclic) bond motifs is 4. The Balaban J connectivity index is 1.53. The molecule has 24 heavy (non-hydrogen) atoms. The smallest absolute Gasteiger partial charge is 0.250 e. The molecule has 0 amide bonds. The third-order valence-corrected chi connectivity index (χ3v) is 5.13. The highest BCUT2D eigenvalue weighted by Crippen LogP contribution is 2.35. The average molecular weight is 324 g/mol. The number of para-hydroxylation sites is 1. The summed E-state index contributed by atoms with van der Waals surface area (Å²) in [7, 11) is 0. The molecule has 3 heterocycles. The second-order valence-electron chi connectivity index (χ2n) is 6.83. The Morgan fingerprint density at radius 2 is 1.92 bits per heavy atom. The molecule has 1 saturated heterocycles. The van der Waals surface area contributed by atoms with E-state index in [9.17, 15) is 14.7 Å². The SMILES string of the molecule is O=C(CN1C[C@@H]2C[C@H](C1)c1cccc(=O)n1C2)c1ccccc1O. The van der Waals surface area contributed by atoms with Crippen molar-refractivity contribution in [3.05, 3.63) is 64.1 Å². The molecule has 0 unspecified atom stereocenters. The van der Waals surface area contributed by atoms with Crippen molar-refractivity contribution in [1.82, 2.24) is 9.47 Å². The molecule has 0 saturated carbocycles. The highest BCUT2D eigenvalue weighted by molar-refractivity contribution is 5.99. The lowest BCUT2D eigenvalue weighted by atomic mass is 9.83. The van der Waals surface area contributed by atoms with Gasteiger partial charge in [0.2, 0.25) is 0 Å². The summed E-state index contributed by atoms with van der Waals surface area (Å²) in [4.78, 5) is 26.7. The summed E-state index contributed by atoms with van der Waals surface area (Å²) in [6.07, 6.45) is 1.07. The van der Waals surface area contributed by atoms with Gasteiger partial charge >= 0.3 is 0 Å². The van der Waals surface area contributed by atoms with Gasteiger partial charge in [0.05, 0.1) is 12.1 Å². The number of carbonyl (C=O) groups is 1. The van der Waals surface area contributed by atoms with Gasteiger partial charge in [0, 0.05) is 37.3 Å². The predicted octanol–water partition coefficient (Wildman–Crippen LogP) is 1.86. The van der Waals surface area contributed by atoms with Gasteiger partial charge in [0.25, 0.3) is 5.56 Å². The zero-order valence-electron chi connectivity index (χ0n) is 13.4. The Morgan fingerprint density at radius 3 is 2.75 bits per heavy atom. The number of phenolic OH excluding ortho intramolecular Hbond substituents is 1. The number of pyridine rings is 1. The molecule has 0 radical (unpaired) electrons. The van der Waals surface area contributed by atoms with E-state index >= 15 is 0 Å². The topological polar surface area (TPSA) is 62.5 Å². The lowest BCUT2D eigenvalue weighted by Crippen LogP contribution is -2.48. The van der Waals surface area contributed by atoms with E-state index in [0.29, 0.717) is 23.9 Å². The maximum atomic E-state index is 12.5. The van der Waals surface area contributed by atoms with Gasteiger partial charge in [0.15, 0.2) is 5.78 Å². The summed E-state index contributed by atoms with van der Waals surface area (Å²) in [6.45, 7) is 2.63. The van der Waals surface area contributed by atoms with E-state index in [1.165, 1.54) is 0 Å². The molecule has 2 aromatic rings. The monoisotopic (exact) mass is 324 g/mol. The van der Waals surface area contributed by atoms with Crippen LogP contribution in [0.1, 0.15) is 28.4 Å². The summed E-state index contributed by atoms with van der Waals surface area (Å²) in [5.74, 6) is 0.673. The third kappa shape index (κ3) is 2.65. The number of piperidine rings is 1. The van der Waals surface area contributed by atoms with Crippen molar-refractivity contribution in [1.29, 1.82) is 0 Å². The first-order chi connectivity index (χ1) is 11.6. The minimum Gasteiger partial charge on any atom is -0.507 e. The van der Waals surface area contributed by atoms with E-state index in [2.05, 4.69) is 4.90 Å². The Kier molecular flexibility index (Phi) is 3.73. The van der Waals surface area contributed by atoms with Gasteiger partial charge in [-0.15, -0.1) is 0 Å². The molecule has 2 atom stereocenters. The maximum absolute atomic E-state index is 12.5. The standard InChI is InChI=1S/C19H20N2O3/c22-17-6-2-1-4-15(17)18(23)12-20-9-13-8-14(11-20)16-5-3-7-19(24)21(16)10-13/h1-7,13-14,22H,8-12H2/t13-,14+/m0/s1. The molecule has 1 fully saturated rings. The van der Waals surface area contributed by atoms with E-state index < -0.39 is 0 Å². The van der Waals surface area contributed by atoms with Crippen LogP contribution >= 0.6 is 0 Å². The minimum absolute atomic E-state index is 0.0385. The number of nitrogens with zero attached hydrogens (tertiary/aromatic N) is 2. The normalized spacial score (nSPS) is 22.8. The van der Waals surface area contributed by atoms with Crippen molar-refractivity contribution >= 4 is 5.78 Å². The second kappa shape index (κ2) is 5.91. The average Bonchev–Trinajstić information content (AvgIpc) is 2.56. The molecule has 5 heteroatoms. The predicted molar refractivity (Wildman–Crippen MR) is 90.4 cm³/mol. The van der Waals surface area contributed by atoms with Crippen LogP contribution in [0.5, 0.6) is 5.75 Å². The van der Waals surface area contributed by atoms with Crippen LogP contribution in [0.15, 0.2) is 47.3 Å². The largest absolute Gasteiger partial charge is 0.507 e. The quantitative estimate of drug-likeness (QED) is 0.876. The number of likely N-dealkylation sites (tertiary alicyclic amines) is 1. The molecule has 4 rings (SSSR count). The van der Waals surface area contributed by atoms with Crippen molar-refractivity contribution in [2.75, 3.05) is 19.6 Å². The number of hydrogen-bond acceptors (Lipinski definition) is 4. The second-order valence-corrected chi connectivity index (χ2v) is 6.83. The van der Waals surface area contributed by atoms with Crippen molar-refractivity contribution in [2.24, 2.45) is 5.92 Å².